The number of rotatable bonds is 4. The molecular weight excluding hydrogens is 250 g/mol. The number of nitrogens with one attached hydrogen (secondary N) is 2. The predicted octanol–water partition coefficient (Wildman–Crippen LogP) is 0.995. The van der Waals surface area contributed by atoms with E-state index in [2.05, 4.69) is 15.5 Å². The first-order chi connectivity index (χ1) is 9.06. The summed E-state index contributed by atoms with van der Waals surface area (Å²) >= 11 is 0. The van der Waals surface area contributed by atoms with Crippen LogP contribution in [0.3, 0.4) is 0 Å². The minimum atomic E-state index is -1.23. The van der Waals surface area contributed by atoms with Crippen LogP contribution in [0.25, 0.3) is 0 Å². The van der Waals surface area contributed by atoms with Gasteiger partial charge < -0.3 is 15.5 Å². The fourth-order valence-electron chi connectivity index (χ4n) is 1.55. The van der Waals surface area contributed by atoms with E-state index in [1.165, 1.54) is 24.4 Å². The summed E-state index contributed by atoms with van der Waals surface area (Å²) in [5.41, 5.74) is 0.766. The number of anilines is 1. The van der Waals surface area contributed by atoms with Crippen LogP contribution < -0.4 is 5.32 Å². The molecule has 0 saturated heterocycles. The summed E-state index contributed by atoms with van der Waals surface area (Å²) in [6.07, 6.45) is 1.65. The summed E-state index contributed by atoms with van der Waals surface area (Å²) in [6.45, 7) is 0. The Morgan fingerprint density at radius 1 is 1.32 bits per heavy atom. The second-order valence-electron chi connectivity index (χ2n) is 3.84. The first-order valence-electron chi connectivity index (χ1n) is 5.40. The van der Waals surface area contributed by atoms with Gasteiger partial charge in [-0.25, -0.2) is 4.79 Å². The van der Waals surface area contributed by atoms with Gasteiger partial charge in [0.05, 0.1) is 6.42 Å². The molecule has 0 saturated carbocycles. The molecule has 0 aliphatic carbocycles. The number of hydrogen-bond donors (Lipinski definition) is 4. The summed E-state index contributed by atoms with van der Waals surface area (Å²) in [6, 6.07) is 5.50. The van der Waals surface area contributed by atoms with E-state index in [-0.39, 0.29) is 17.9 Å². The third-order valence-corrected chi connectivity index (χ3v) is 2.42. The Morgan fingerprint density at radius 3 is 2.68 bits per heavy atom. The van der Waals surface area contributed by atoms with Gasteiger partial charge in [0.2, 0.25) is 5.91 Å². The topological polar surface area (TPSA) is 115 Å². The Bertz CT molecular complexity index is 607. The molecule has 0 aliphatic heterocycles. The maximum Gasteiger partial charge on any atom is 0.339 e. The minimum absolute atomic E-state index is 0.113. The number of aromatic nitrogens is 2. The number of amides is 1. The lowest BCUT2D eigenvalue weighted by molar-refractivity contribution is -0.115. The highest BCUT2D eigenvalue weighted by atomic mass is 16.4. The zero-order valence-corrected chi connectivity index (χ0v) is 9.75. The standard InChI is InChI=1S/C12H11N3O4/c16-10-5-7(1-2-9(10)12(18)19)14-11(17)6-8-3-4-13-15-8/h1-5,16H,6H2,(H,13,15)(H,14,17)(H,18,19). The fraction of sp³-hybridized carbons (Fsp3) is 0.0833. The molecule has 98 valence electrons. The zero-order valence-electron chi connectivity index (χ0n) is 9.75. The molecule has 1 heterocycles. The molecule has 0 fully saturated rings. The maximum atomic E-state index is 11.7. The quantitative estimate of drug-likeness (QED) is 0.655. The third-order valence-electron chi connectivity index (χ3n) is 2.42. The Morgan fingerprint density at radius 2 is 2.11 bits per heavy atom. The van der Waals surface area contributed by atoms with Crippen LogP contribution in [-0.2, 0) is 11.2 Å². The molecule has 0 bridgehead atoms. The lowest BCUT2D eigenvalue weighted by Gasteiger charge is -2.06. The zero-order chi connectivity index (χ0) is 13.8. The lowest BCUT2D eigenvalue weighted by Crippen LogP contribution is -2.14. The minimum Gasteiger partial charge on any atom is -0.507 e. The van der Waals surface area contributed by atoms with Crippen LogP contribution in [0.4, 0.5) is 5.69 Å². The van der Waals surface area contributed by atoms with Crippen LogP contribution in [0, 0.1) is 0 Å². The smallest absolute Gasteiger partial charge is 0.339 e. The number of aromatic hydroxyl groups is 1. The van der Waals surface area contributed by atoms with Gasteiger partial charge in [-0.1, -0.05) is 0 Å². The van der Waals surface area contributed by atoms with Crippen molar-refractivity contribution in [2.75, 3.05) is 5.32 Å². The Hall–Kier alpha value is -2.83. The number of carboxylic acids is 1. The molecule has 7 nitrogen and oxygen atoms in total. The fourth-order valence-corrected chi connectivity index (χ4v) is 1.55. The highest BCUT2D eigenvalue weighted by molar-refractivity contribution is 5.95. The number of nitrogens with zero attached hydrogens (tertiary/aromatic N) is 1. The monoisotopic (exact) mass is 261 g/mol. The molecule has 2 rings (SSSR count). The van der Waals surface area contributed by atoms with Crippen molar-refractivity contribution in [2.45, 2.75) is 6.42 Å². The molecule has 1 aromatic heterocycles. The molecule has 19 heavy (non-hydrogen) atoms. The van der Waals surface area contributed by atoms with Crippen molar-refractivity contribution in [1.29, 1.82) is 0 Å². The Balaban J connectivity index is 2.05. The van der Waals surface area contributed by atoms with Gasteiger partial charge in [0.15, 0.2) is 0 Å². The SMILES string of the molecule is O=C(Cc1ccn[nH]1)Nc1ccc(C(=O)O)c(O)c1. The molecule has 0 unspecified atom stereocenters. The number of carbonyl (C=O) groups is 2. The summed E-state index contributed by atoms with van der Waals surface area (Å²) in [5, 5.41) is 27.2. The first kappa shape index (κ1) is 12.6. The largest absolute Gasteiger partial charge is 0.507 e. The number of benzene rings is 1. The summed E-state index contributed by atoms with van der Waals surface area (Å²) < 4.78 is 0. The number of aromatic carboxylic acids is 1. The molecule has 4 N–H and O–H groups in total. The predicted molar refractivity (Wildman–Crippen MR) is 66.0 cm³/mol. The van der Waals surface area contributed by atoms with Crippen molar-refractivity contribution < 1.29 is 19.8 Å². The van der Waals surface area contributed by atoms with Gasteiger partial charge in [-0.2, -0.15) is 5.10 Å². The molecule has 1 amide bonds. The summed E-state index contributed by atoms with van der Waals surface area (Å²) in [7, 11) is 0. The van der Waals surface area contributed by atoms with Crippen molar-refractivity contribution >= 4 is 17.6 Å². The van der Waals surface area contributed by atoms with Crippen molar-refractivity contribution in [3.05, 3.63) is 41.7 Å². The number of hydrogen-bond acceptors (Lipinski definition) is 4. The number of H-pyrrole nitrogens is 1. The second kappa shape index (κ2) is 5.21. The van der Waals surface area contributed by atoms with Crippen LogP contribution in [-0.4, -0.2) is 32.3 Å². The second-order valence-corrected chi connectivity index (χ2v) is 3.84. The van der Waals surface area contributed by atoms with Gasteiger partial charge in [0.1, 0.15) is 11.3 Å². The van der Waals surface area contributed by atoms with Crippen molar-refractivity contribution in [2.24, 2.45) is 0 Å². The van der Waals surface area contributed by atoms with Crippen molar-refractivity contribution in [1.82, 2.24) is 10.2 Å². The van der Waals surface area contributed by atoms with E-state index in [0.29, 0.717) is 11.4 Å². The number of carbonyl (C=O) groups excluding carboxylic acids is 1. The van der Waals surface area contributed by atoms with Gasteiger partial charge >= 0.3 is 5.97 Å². The molecular formula is C12H11N3O4. The molecule has 0 radical (unpaired) electrons. The summed E-state index contributed by atoms with van der Waals surface area (Å²) in [5.74, 6) is -1.92. The van der Waals surface area contributed by atoms with E-state index in [9.17, 15) is 14.7 Å². The van der Waals surface area contributed by atoms with Gasteiger partial charge in [0.25, 0.3) is 0 Å². The molecule has 2 aromatic rings. The maximum absolute atomic E-state index is 11.7. The molecule has 0 spiro atoms. The number of carboxylic acid groups (broad SMARTS) is 1. The van der Waals surface area contributed by atoms with Crippen LogP contribution in [0.2, 0.25) is 0 Å². The van der Waals surface area contributed by atoms with E-state index < -0.39 is 11.7 Å². The summed E-state index contributed by atoms with van der Waals surface area (Å²) in [4.78, 5) is 22.4. The normalized spacial score (nSPS) is 10.1. The highest BCUT2D eigenvalue weighted by Crippen LogP contribution is 2.21. The number of phenols is 1. The van der Waals surface area contributed by atoms with Crippen LogP contribution in [0.1, 0.15) is 16.1 Å². The third kappa shape index (κ3) is 3.09. The Labute approximate surface area is 107 Å². The van der Waals surface area contributed by atoms with Gasteiger partial charge in [-0.3, -0.25) is 9.89 Å². The van der Waals surface area contributed by atoms with Crippen molar-refractivity contribution in [3.8, 4) is 5.75 Å². The average Bonchev–Trinajstić information content (AvgIpc) is 2.81. The van der Waals surface area contributed by atoms with Crippen LogP contribution in [0.5, 0.6) is 5.75 Å². The molecule has 0 atom stereocenters. The van der Waals surface area contributed by atoms with Gasteiger partial charge in [-0.05, 0) is 18.2 Å². The number of aromatic amines is 1. The van der Waals surface area contributed by atoms with Gasteiger partial charge in [0, 0.05) is 23.6 Å². The first-order valence-corrected chi connectivity index (χ1v) is 5.40. The lowest BCUT2D eigenvalue weighted by atomic mass is 10.2. The average molecular weight is 261 g/mol. The Kier molecular flexibility index (Phi) is 3.46. The van der Waals surface area contributed by atoms with Crippen LogP contribution >= 0.6 is 0 Å². The van der Waals surface area contributed by atoms with E-state index in [1.54, 1.807) is 6.07 Å². The van der Waals surface area contributed by atoms with E-state index in [4.69, 9.17) is 5.11 Å². The molecule has 7 heteroatoms. The molecule has 0 aliphatic rings. The van der Waals surface area contributed by atoms with E-state index in [1.807, 2.05) is 0 Å². The molecule has 1 aromatic carbocycles. The highest BCUT2D eigenvalue weighted by Gasteiger charge is 2.11. The van der Waals surface area contributed by atoms with Crippen molar-refractivity contribution in [3.63, 3.8) is 0 Å². The van der Waals surface area contributed by atoms with Crippen LogP contribution in [0.15, 0.2) is 30.5 Å². The van der Waals surface area contributed by atoms with E-state index >= 15 is 0 Å². The van der Waals surface area contributed by atoms with E-state index in [0.717, 1.165) is 0 Å². The van der Waals surface area contributed by atoms with Gasteiger partial charge in [-0.15, -0.1) is 0 Å².